The van der Waals surface area contributed by atoms with E-state index in [0.717, 1.165) is 18.6 Å². The van der Waals surface area contributed by atoms with Crippen molar-refractivity contribution < 1.29 is 9.84 Å². The Morgan fingerprint density at radius 2 is 1.90 bits per heavy atom. The summed E-state index contributed by atoms with van der Waals surface area (Å²) in [6.07, 6.45) is 2.14. The summed E-state index contributed by atoms with van der Waals surface area (Å²) in [6, 6.07) is 3.98. The van der Waals surface area contributed by atoms with Crippen molar-refractivity contribution in [2.75, 3.05) is 7.11 Å². The third kappa shape index (κ3) is 3.97. The zero-order valence-corrected chi connectivity index (χ0v) is 13.4. The lowest BCUT2D eigenvalue weighted by molar-refractivity contribution is 0.124. The number of rotatable bonds is 7. The molecule has 0 radical (unpaired) electrons. The van der Waals surface area contributed by atoms with Crippen LogP contribution in [0.25, 0.3) is 0 Å². The van der Waals surface area contributed by atoms with Crippen LogP contribution in [0.15, 0.2) is 12.1 Å². The number of hydrogen-bond donors (Lipinski definition) is 2. The summed E-state index contributed by atoms with van der Waals surface area (Å²) in [5.41, 5.74) is 9.68. The highest BCUT2D eigenvalue weighted by molar-refractivity contribution is 5.44. The molecule has 0 aliphatic heterocycles. The molecule has 114 valence electrons. The van der Waals surface area contributed by atoms with Gasteiger partial charge in [0, 0.05) is 6.04 Å². The summed E-state index contributed by atoms with van der Waals surface area (Å²) >= 11 is 0. The van der Waals surface area contributed by atoms with E-state index in [1.165, 1.54) is 16.7 Å². The van der Waals surface area contributed by atoms with E-state index >= 15 is 0 Å². The highest BCUT2D eigenvalue weighted by Crippen LogP contribution is 2.31. The van der Waals surface area contributed by atoms with Gasteiger partial charge in [-0.15, -0.1) is 0 Å². The van der Waals surface area contributed by atoms with Gasteiger partial charge in [-0.25, -0.2) is 0 Å². The summed E-state index contributed by atoms with van der Waals surface area (Å²) in [7, 11) is 1.69. The lowest BCUT2D eigenvalue weighted by atomic mass is 9.87. The van der Waals surface area contributed by atoms with E-state index in [-0.39, 0.29) is 12.0 Å². The van der Waals surface area contributed by atoms with Gasteiger partial charge in [0.25, 0.3) is 0 Å². The van der Waals surface area contributed by atoms with Crippen LogP contribution in [0.2, 0.25) is 0 Å². The summed E-state index contributed by atoms with van der Waals surface area (Å²) in [5, 5.41) is 10.2. The number of aliphatic hydroxyl groups is 1. The molecule has 0 aliphatic carbocycles. The Balaban J connectivity index is 2.82. The Kier molecular flexibility index (Phi) is 6.50. The fraction of sp³-hybridized carbons (Fsp3) is 0.647. The summed E-state index contributed by atoms with van der Waals surface area (Å²) < 4.78 is 5.34. The molecule has 1 aromatic carbocycles. The van der Waals surface area contributed by atoms with Crippen LogP contribution in [0, 0.1) is 13.8 Å². The first-order valence-corrected chi connectivity index (χ1v) is 7.50. The molecule has 3 heteroatoms. The molecule has 0 aliphatic rings. The molecule has 1 aromatic rings. The molecule has 1 rings (SSSR count). The predicted molar refractivity (Wildman–Crippen MR) is 84.4 cm³/mol. The van der Waals surface area contributed by atoms with Gasteiger partial charge in [-0.05, 0) is 55.4 Å². The zero-order chi connectivity index (χ0) is 15.3. The zero-order valence-electron chi connectivity index (χ0n) is 13.4. The van der Waals surface area contributed by atoms with Gasteiger partial charge in [0.1, 0.15) is 5.75 Å². The van der Waals surface area contributed by atoms with Gasteiger partial charge in [0.2, 0.25) is 0 Å². The molecule has 0 spiro atoms. The molecule has 0 amide bonds. The third-order valence-electron chi connectivity index (χ3n) is 4.24. The maximum Gasteiger partial charge on any atom is 0.122 e. The second kappa shape index (κ2) is 7.65. The van der Waals surface area contributed by atoms with Crippen LogP contribution in [0.5, 0.6) is 5.75 Å². The van der Waals surface area contributed by atoms with Crippen molar-refractivity contribution in [1.82, 2.24) is 0 Å². The van der Waals surface area contributed by atoms with Gasteiger partial charge in [0.05, 0.1) is 13.2 Å². The predicted octanol–water partition coefficient (Wildman–Crippen LogP) is 3.29. The standard InChI is InChI=1S/C17H29NO2/c1-6-7-15(18)16(19)10-11(2)14-8-9-17(20-5)13(4)12(14)3/h8-9,11,15-16,19H,6-7,10,18H2,1-5H3. The Morgan fingerprint density at radius 3 is 2.45 bits per heavy atom. The van der Waals surface area contributed by atoms with Gasteiger partial charge < -0.3 is 15.6 Å². The van der Waals surface area contributed by atoms with E-state index in [9.17, 15) is 5.11 Å². The van der Waals surface area contributed by atoms with E-state index in [2.05, 4.69) is 33.8 Å². The second-order valence-corrected chi connectivity index (χ2v) is 5.76. The minimum absolute atomic E-state index is 0.123. The van der Waals surface area contributed by atoms with Crippen LogP contribution in [-0.4, -0.2) is 24.4 Å². The van der Waals surface area contributed by atoms with Crippen molar-refractivity contribution in [1.29, 1.82) is 0 Å². The van der Waals surface area contributed by atoms with Gasteiger partial charge >= 0.3 is 0 Å². The fourth-order valence-corrected chi connectivity index (χ4v) is 2.76. The first kappa shape index (κ1) is 17.0. The van der Waals surface area contributed by atoms with Crippen molar-refractivity contribution in [3.8, 4) is 5.75 Å². The number of hydrogen-bond acceptors (Lipinski definition) is 3. The van der Waals surface area contributed by atoms with Crippen LogP contribution < -0.4 is 10.5 Å². The fourth-order valence-electron chi connectivity index (χ4n) is 2.76. The molecular weight excluding hydrogens is 250 g/mol. The molecule has 0 heterocycles. The summed E-state index contributed by atoms with van der Waals surface area (Å²) in [4.78, 5) is 0. The average Bonchev–Trinajstić information content (AvgIpc) is 2.41. The van der Waals surface area contributed by atoms with Gasteiger partial charge in [-0.1, -0.05) is 26.3 Å². The van der Waals surface area contributed by atoms with Crippen molar-refractivity contribution in [2.24, 2.45) is 5.73 Å². The van der Waals surface area contributed by atoms with Gasteiger partial charge in [-0.3, -0.25) is 0 Å². The Labute approximate surface area is 123 Å². The molecule has 3 nitrogen and oxygen atoms in total. The van der Waals surface area contributed by atoms with Crippen molar-refractivity contribution in [2.45, 2.75) is 65.0 Å². The van der Waals surface area contributed by atoms with Crippen molar-refractivity contribution in [3.05, 3.63) is 28.8 Å². The quantitative estimate of drug-likeness (QED) is 0.805. The summed E-state index contributed by atoms with van der Waals surface area (Å²) in [5.74, 6) is 1.21. The lowest BCUT2D eigenvalue weighted by Gasteiger charge is -2.24. The van der Waals surface area contributed by atoms with E-state index in [4.69, 9.17) is 10.5 Å². The average molecular weight is 279 g/mol. The second-order valence-electron chi connectivity index (χ2n) is 5.76. The normalized spacial score (nSPS) is 15.8. The van der Waals surface area contributed by atoms with Crippen LogP contribution in [0.1, 0.15) is 55.7 Å². The minimum atomic E-state index is -0.438. The number of ether oxygens (including phenoxy) is 1. The first-order chi connectivity index (χ1) is 9.42. The number of nitrogens with two attached hydrogens (primary N) is 1. The van der Waals surface area contributed by atoms with Gasteiger partial charge in [0.15, 0.2) is 0 Å². The van der Waals surface area contributed by atoms with Gasteiger partial charge in [-0.2, -0.15) is 0 Å². The van der Waals surface area contributed by atoms with Crippen LogP contribution in [-0.2, 0) is 0 Å². The van der Waals surface area contributed by atoms with Crippen molar-refractivity contribution in [3.63, 3.8) is 0 Å². The molecule has 0 saturated carbocycles. The number of methoxy groups -OCH3 is 1. The molecular formula is C17H29NO2. The summed E-state index contributed by atoms with van der Waals surface area (Å²) in [6.45, 7) is 8.43. The molecule has 3 unspecified atom stereocenters. The van der Waals surface area contributed by atoms with E-state index in [0.29, 0.717) is 6.42 Å². The van der Waals surface area contributed by atoms with E-state index in [1.807, 2.05) is 6.07 Å². The molecule has 3 N–H and O–H groups in total. The molecule has 0 fully saturated rings. The third-order valence-corrected chi connectivity index (χ3v) is 4.24. The largest absolute Gasteiger partial charge is 0.496 e. The topological polar surface area (TPSA) is 55.5 Å². The smallest absolute Gasteiger partial charge is 0.122 e. The van der Waals surface area contributed by atoms with Crippen LogP contribution in [0.3, 0.4) is 0 Å². The maximum absolute atomic E-state index is 10.2. The molecule has 0 aromatic heterocycles. The molecule has 3 atom stereocenters. The molecule has 0 saturated heterocycles. The number of benzene rings is 1. The molecule has 20 heavy (non-hydrogen) atoms. The minimum Gasteiger partial charge on any atom is -0.496 e. The number of aliphatic hydroxyl groups excluding tert-OH is 1. The lowest BCUT2D eigenvalue weighted by Crippen LogP contribution is -2.35. The van der Waals surface area contributed by atoms with Crippen LogP contribution in [0.4, 0.5) is 0 Å². The highest BCUT2D eigenvalue weighted by Gasteiger charge is 2.20. The van der Waals surface area contributed by atoms with E-state index < -0.39 is 6.10 Å². The first-order valence-electron chi connectivity index (χ1n) is 7.50. The maximum atomic E-state index is 10.2. The highest BCUT2D eigenvalue weighted by atomic mass is 16.5. The Bertz CT molecular complexity index is 431. The molecule has 0 bridgehead atoms. The SMILES string of the molecule is CCCC(N)C(O)CC(C)c1ccc(OC)c(C)c1C. The Hall–Kier alpha value is -1.06. The van der Waals surface area contributed by atoms with Crippen LogP contribution >= 0.6 is 0 Å². The van der Waals surface area contributed by atoms with E-state index in [1.54, 1.807) is 7.11 Å². The monoisotopic (exact) mass is 279 g/mol. The Morgan fingerprint density at radius 1 is 1.25 bits per heavy atom. The van der Waals surface area contributed by atoms with Crippen molar-refractivity contribution >= 4 is 0 Å².